The fourth-order valence-electron chi connectivity index (χ4n) is 1.62. The Labute approximate surface area is 96.3 Å². The molecule has 0 spiro atoms. The van der Waals surface area contributed by atoms with E-state index in [0.29, 0.717) is 12.0 Å². The zero-order valence-corrected chi connectivity index (χ0v) is 10.6. The van der Waals surface area contributed by atoms with Gasteiger partial charge in [-0.05, 0) is 30.7 Å². The van der Waals surface area contributed by atoms with E-state index in [0.717, 1.165) is 6.42 Å². The summed E-state index contributed by atoms with van der Waals surface area (Å²) in [5, 5.41) is 14.6. The van der Waals surface area contributed by atoms with Crippen LogP contribution in [0.2, 0.25) is 0 Å². The molecule has 0 bridgehead atoms. The van der Waals surface area contributed by atoms with E-state index in [1.54, 1.807) is 11.3 Å². The largest absolute Gasteiger partial charge is 0.395 e. The lowest BCUT2D eigenvalue weighted by Crippen LogP contribution is -2.33. The van der Waals surface area contributed by atoms with Crippen LogP contribution >= 0.6 is 11.3 Å². The molecule has 0 aromatic carbocycles. The van der Waals surface area contributed by atoms with E-state index in [2.05, 4.69) is 36.7 Å². The van der Waals surface area contributed by atoms with Crippen molar-refractivity contribution >= 4 is 11.3 Å². The van der Waals surface area contributed by atoms with Gasteiger partial charge in [0, 0.05) is 17.0 Å². The fourth-order valence-corrected chi connectivity index (χ4v) is 2.42. The molecule has 0 aliphatic rings. The SMILES string of the molecule is CC(C)CC(NC(C)CO)c1cccs1. The van der Waals surface area contributed by atoms with Crippen molar-refractivity contribution in [3.63, 3.8) is 0 Å². The number of aliphatic hydroxyl groups is 1. The number of thiophene rings is 1. The van der Waals surface area contributed by atoms with Crippen molar-refractivity contribution in [3.05, 3.63) is 22.4 Å². The molecule has 15 heavy (non-hydrogen) atoms. The van der Waals surface area contributed by atoms with Gasteiger partial charge in [0.1, 0.15) is 0 Å². The monoisotopic (exact) mass is 227 g/mol. The summed E-state index contributed by atoms with van der Waals surface area (Å²) >= 11 is 1.78. The van der Waals surface area contributed by atoms with Gasteiger partial charge in [-0.3, -0.25) is 0 Å². The van der Waals surface area contributed by atoms with Crippen molar-refractivity contribution in [2.45, 2.75) is 39.3 Å². The highest BCUT2D eigenvalue weighted by Crippen LogP contribution is 2.25. The van der Waals surface area contributed by atoms with Gasteiger partial charge in [-0.2, -0.15) is 0 Å². The second-order valence-corrected chi connectivity index (χ2v) is 5.43. The van der Waals surface area contributed by atoms with Gasteiger partial charge in [0.15, 0.2) is 0 Å². The van der Waals surface area contributed by atoms with E-state index in [1.165, 1.54) is 4.88 Å². The topological polar surface area (TPSA) is 32.3 Å². The third-order valence-corrected chi connectivity index (χ3v) is 3.34. The maximum Gasteiger partial charge on any atom is 0.0582 e. The van der Waals surface area contributed by atoms with Crippen LogP contribution in [-0.4, -0.2) is 17.8 Å². The standard InChI is InChI=1S/C12H21NOS/c1-9(2)7-11(13-10(3)8-14)12-5-4-6-15-12/h4-6,9-11,13-14H,7-8H2,1-3H3. The van der Waals surface area contributed by atoms with Gasteiger partial charge in [0.05, 0.1) is 6.61 Å². The van der Waals surface area contributed by atoms with Crippen LogP contribution in [-0.2, 0) is 0 Å². The van der Waals surface area contributed by atoms with Crippen molar-refractivity contribution in [2.75, 3.05) is 6.61 Å². The van der Waals surface area contributed by atoms with Crippen LogP contribution < -0.4 is 5.32 Å². The maximum absolute atomic E-state index is 9.06. The van der Waals surface area contributed by atoms with Gasteiger partial charge in [-0.25, -0.2) is 0 Å². The molecule has 1 heterocycles. The maximum atomic E-state index is 9.06. The molecule has 2 N–H and O–H groups in total. The minimum Gasteiger partial charge on any atom is -0.395 e. The highest BCUT2D eigenvalue weighted by atomic mass is 32.1. The molecule has 0 fully saturated rings. The number of hydrogen-bond donors (Lipinski definition) is 2. The molecule has 86 valence electrons. The van der Waals surface area contributed by atoms with Crippen LogP contribution in [0, 0.1) is 5.92 Å². The van der Waals surface area contributed by atoms with Gasteiger partial charge in [-0.15, -0.1) is 11.3 Å². The van der Waals surface area contributed by atoms with Crippen LogP contribution in [0.3, 0.4) is 0 Å². The smallest absolute Gasteiger partial charge is 0.0582 e. The summed E-state index contributed by atoms with van der Waals surface area (Å²) in [5.74, 6) is 0.662. The minimum absolute atomic E-state index is 0.163. The van der Waals surface area contributed by atoms with Crippen LogP contribution in [0.5, 0.6) is 0 Å². The summed E-state index contributed by atoms with van der Waals surface area (Å²) in [6, 6.07) is 4.79. The molecule has 0 aliphatic heterocycles. The molecule has 2 atom stereocenters. The van der Waals surface area contributed by atoms with Crippen molar-refractivity contribution in [1.82, 2.24) is 5.32 Å². The molecule has 0 saturated carbocycles. The van der Waals surface area contributed by atoms with Crippen LogP contribution in [0.25, 0.3) is 0 Å². The predicted octanol–water partition coefficient (Wildman–Crippen LogP) is 2.81. The minimum atomic E-state index is 0.163. The number of hydrogen-bond acceptors (Lipinski definition) is 3. The predicted molar refractivity (Wildman–Crippen MR) is 66.2 cm³/mol. The summed E-state index contributed by atoms with van der Waals surface area (Å²) in [6.07, 6.45) is 1.12. The van der Waals surface area contributed by atoms with Gasteiger partial charge in [0.2, 0.25) is 0 Å². The lowest BCUT2D eigenvalue weighted by atomic mass is 10.0. The quantitative estimate of drug-likeness (QED) is 0.783. The summed E-state index contributed by atoms with van der Waals surface area (Å²) < 4.78 is 0. The molecule has 1 aromatic heterocycles. The Morgan fingerprint density at radius 1 is 1.40 bits per heavy atom. The summed E-state index contributed by atoms with van der Waals surface area (Å²) in [7, 11) is 0. The zero-order chi connectivity index (χ0) is 11.3. The summed E-state index contributed by atoms with van der Waals surface area (Å²) in [4.78, 5) is 1.36. The van der Waals surface area contributed by atoms with Crippen LogP contribution in [0.4, 0.5) is 0 Å². The van der Waals surface area contributed by atoms with Gasteiger partial charge in [0.25, 0.3) is 0 Å². The van der Waals surface area contributed by atoms with E-state index in [1.807, 2.05) is 6.92 Å². The van der Waals surface area contributed by atoms with E-state index in [9.17, 15) is 0 Å². The first-order valence-electron chi connectivity index (χ1n) is 5.53. The molecule has 2 nitrogen and oxygen atoms in total. The first-order valence-corrected chi connectivity index (χ1v) is 6.41. The van der Waals surface area contributed by atoms with Crippen molar-refractivity contribution in [2.24, 2.45) is 5.92 Å². The van der Waals surface area contributed by atoms with E-state index in [-0.39, 0.29) is 12.6 Å². The van der Waals surface area contributed by atoms with Crippen LogP contribution in [0.1, 0.15) is 38.1 Å². The summed E-state index contributed by atoms with van der Waals surface area (Å²) in [5.41, 5.74) is 0. The van der Waals surface area contributed by atoms with Crippen LogP contribution in [0.15, 0.2) is 17.5 Å². The van der Waals surface area contributed by atoms with Crippen molar-refractivity contribution in [3.8, 4) is 0 Å². The summed E-state index contributed by atoms with van der Waals surface area (Å²) in [6.45, 7) is 6.67. The average molecular weight is 227 g/mol. The Bertz CT molecular complexity index is 259. The first kappa shape index (κ1) is 12.7. The lowest BCUT2D eigenvalue weighted by Gasteiger charge is -2.22. The van der Waals surface area contributed by atoms with Crippen molar-refractivity contribution < 1.29 is 5.11 Å². The highest BCUT2D eigenvalue weighted by Gasteiger charge is 2.16. The molecule has 3 heteroatoms. The zero-order valence-electron chi connectivity index (χ0n) is 9.73. The molecule has 2 unspecified atom stereocenters. The molecule has 0 radical (unpaired) electrons. The fraction of sp³-hybridized carbons (Fsp3) is 0.667. The second-order valence-electron chi connectivity index (χ2n) is 4.45. The molecule has 0 saturated heterocycles. The molecule has 0 aliphatic carbocycles. The second kappa shape index (κ2) is 6.26. The van der Waals surface area contributed by atoms with E-state index < -0.39 is 0 Å². The van der Waals surface area contributed by atoms with E-state index >= 15 is 0 Å². The Morgan fingerprint density at radius 2 is 2.13 bits per heavy atom. The molecular weight excluding hydrogens is 206 g/mol. The number of rotatable bonds is 6. The third kappa shape index (κ3) is 4.33. The Morgan fingerprint density at radius 3 is 2.60 bits per heavy atom. The number of nitrogens with one attached hydrogen (secondary N) is 1. The van der Waals surface area contributed by atoms with Gasteiger partial charge in [-0.1, -0.05) is 19.9 Å². The highest BCUT2D eigenvalue weighted by molar-refractivity contribution is 7.10. The lowest BCUT2D eigenvalue weighted by molar-refractivity contribution is 0.235. The molecule has 0 amide bonds. The normalized spacial score (nSPS) is 15.5. The number of aliphatic hydroxyl groups excluding tert-OH is 1. The van der Waals surface area contributed by atoms with Gasteiger partial charge < -0.3 is 10.4 Å². The van der Waals surface area contributed by atoms with Gasteiger partial charge >= 0.3 is 0 Å². The first-order chi connectivity index (χ1) is 7.13. The van der Waals surface area contributed by atoms with Crippen molar-refractivity contribution in [1.29, 1.82) is 0 Å². The third-order valence-electron chi connectivity index (χ3n) is 2.35. The Balaban J connectivity index is 2.61. The Kier molecular flexibility index (Phi) is 5.29. The molecular formula is C12H21NOS. The van der Waals surface area contributed by atoms with E-state index in [4.69, 9.17) is 5.11 Å². The molecule has 1 rings (SSSR count). The average Bonchev–Trinajstić information content (AvgIpc) is 2.68. The molecule has 1 aromatic rings. The Hall–Kier alpha value is -0.380.